The van der Waals surface area contributed by atoms with Gasteiger partial charge in [0.15, 0.2) is 5.96 Å². The first kappa shape index (κ1) is 15.2. The predicted molar refractivity (Wildman–Crippen MR) is 90.3 cm³/mol. The van der Waals surface area contributed by atoms with Crippen molar-refractivity contribution in [1.29, 1.82) is 0 Å². The molecule has 1 aromatic rings. The minimum Gasteiger partial charge on any atom is -0.493 e. The second-order valence-corrected chi connectivity index (χ2v) is 6.41. The summed E-state index contributed by atoms with van der Waals surface area (Å²) in [6.07, 6.45) is 7.79. The molecule has 22 heavy (non-hydrogen) atoms. The van der Waals surface area contributed by atoms with Crippen molar-refractivity contribution in [2.75, 3.05) is 13.7 Å². The molecular formula is C18H27N3O. The minimum atomic E-state index is 0.576. The van der Waals surface area contributed by atoms with Gasteiger partial charge in [0.1, 0.15) is 5.75 Å². The van der Waals surface area contributed by atoms with Gasteiger partial charge in [0.05, 0.1) is 6.61 Å². The average molecular weight is 301 g/mol. The number of nitrogens with zero attached hydrogens (tertiary/aromatic N) is 1. The maximum absolute atomic E-state index is 5.96. The van der Waals surface area contributed by atoms with Gasteiger partial charge < -0.3 is 15.4 Å². The quantitative estimate of drug-likeness (QED) is 0.627. The molecule has 2 aliphatic carbocycles. The molecule has 0 heterocycles. The van der Waals surface area contributed by atoms with Gasteiger partial charge in [0, 0.05) is 25.2 Å². The van der Waals surface area contributed by atoms with Gasteiger partial charge in [-0.15, -0.1) is 0 Å². The minimum absolute atomic E-state index is 0.576. The van der Waals surface area contributed by atoms with Gasteiger partial charge in [-0.2, -0.15) is 0 Å². The summed E-state index contributed by atoms with van der Waals surface area (Å²) >= 11 is 0. The van der Waals surface area contributed by atoms with E-state index < -0.39 is 0 Å². The van der Waals surface area contributed by atoms with E-state index in [1.807, 2.05) is 13.1 Å². The molecule has 2 fully saturated rings. The molecule has 1 aromatic carbocycles. The van der Waals surface area contributed by atoms with Crippen LogP contribution in [0.3, 0.4) is 0 Å². The van der Waals surface area contributed by atoms with Crippen molar-refractivity contribution < 1.29 is 4.74 Å². The van der Waals surface area contributed by atoms with Crippen molar-refractivity contribution in [2.24, 2.45) is 10.9 Å². The summed E-state index contributed by atoms with van der Waals surface area (Å²) in [7, 11) is 1.83. The first-order valence-corrected chi connectivity index (χ1v) is 8.53. The molecule has 4 heteroatoms. The van der Waals surface area contributed by atoms with Crippen molar-refractivity contribution in [3.63, 3.8) is 0 Å². The summed E-state index contributed by atoms with van der Waals surface area (Å²) < 4.78 is 5.96. The fourth-order valence-corrected chi connectivity index (χ4v) is 2.92. The first-order valence-electron chi connectivity index (χ1n) is 8.53. The van der Waals surface area contributed by atoms with Crippen LogP contribution in [0.4, 0.5) is 0 Å². The summed E-state index contributed by atoms with van der Waals surface area (Å²) in [5, 5.41) is 6.93. The Kier molecular flexibility index (Phi) is 5.20. The van der Waals surface area contributed by atoms with E-state index in [0.29, 0.717) is 6.04 Å². The van der Waals surface area contributed by atoms with Gasteiger partial charge in [0.2, 0.25) is 0 Å². The van der Waals surface area contributed by atoms with Crippen molar-refractivity contribution in [2.45, 2.75) is 51.1 Å². The zero-order valence-corrected chi connectivity index (χ0v) is 13.5. The zero-order valence-electron chi connectivity index (χ0n) is 13.5. The molecule has 2 N–H and O–H groups in total. The number of ether oxygens (including phenoxy) is 1. The first-order chi connectivity index (χ1) is 10.8. The Bertz CT molecular complexity index is 505. The Labute approximate surface area is 133 Å². The molecular weight excluding hydrogens is 274 g/mol. The highest BCUT2D eigenvalue weighted by Gasteiger charge is 2.22. The van der Waals surface area contributed by atoms with Crippen molar-refractivity contribution in [3.05, 3.63) is 29.8 Å². The average Bonchev–Trinajstić information content (AvgIpc) is 3.25. The topological polar surface area (TPSA) is 45.7 Å². The zero-order chi connectivity index (χ0) is 15.2. The Morgan fingerprint density at radius 1 is 1.18 bits per heavy atom. The molecule has 0 amide bonds. The number of hydrogen-bond acceptors (Lipinski definition) is 2. The van der Waals surface area contributed by atoms with Crippen LogP contribution in [0.25, 0.3) is 0 Å². The lowest BCUT2D eigenvalue weighted by atomic mass is 10.2. The highest BCUT2D eigenvalue weighted by atomic mass is 16.5. The van der Waals surface area contributed by atoms with Crippen LogP contribution in [0, 0.1) is 5.92 Å². The third kappa shape index (κ3) is 4.39. The van der Waals surface area contributed by atoms with Crippen LogP contribution < -0.4 is 15.4 Å². The molecule has 3 rings (SSSR count). The Balaban J connectivity index is 1.52. The van der Waals surface area contributed by atoms with Gasteiger partial charge in [0.25, 0.3) is 0 Å². The molecule has 2 saturated carbocycles. The van der Waals surface area contributed by atoms with Crippen LogP contribution in [0.5, 0.6) is 5.75 Å². The summed E-state index contributed by atoms with van der Waals surface area (Å²) in [6, 6.07) is 8.86. The van der Waals surface area contributed by atoms with E-state index in [1.54, 1.807) is 0 Å². The number of rotatable bonds is 6. The molecule has 0 spiro atoms. The number of para-hydroxylation sites is 1. The molecule has 4 nitrogen and oxygen atoms in total. The second kappa shape index (κ2) is 7.52. The van der Waals surface area contributed by atoms with Gasteiger partial charge in [-0.1, -0.05) is 31.0 Å². The van der Waals surface area contributed by atoms with E-state index in [0.717, 1.165) is 30.8 Å². The van der Waals surface area contributed by atoms with Crippen LogP contribution >= 0.6 is 0 Å². The van der Waals surface area contributed by atoms with E-state index in [-0.39, 0.29) is 0 Å². The summed E-state index contributed by atoms with van der Waals surface area (Å²) in [6.45, 7) is 1.60. The molecule has 0 atom stereocenters. The monoisotopic (exact) mass is 301 g/mol. The van der Waals surface area contributed by atoms with Crippen LogP contribution in [-0.2, 0) is 6.54 Å². The van der Waals surface area contributed by atoms with E-state index in [4.69, 9.17) is 4.74 Å². The van der Waals surface area contributed by atoms with Crippen molar-refractivity contribution in [1.82, 2.24) is 10.6 Å². The third-order valence-corrected chi connectivity index (χ3v) is 4.51. The number of aliphatic imine (C=N–C) groups is 1. The highest BCUT2D eigenvalue weighted by molar-refractivity contribution is 5.80. The number of hydrogen-bond donors (Lipinski definition) is 2. The molecule has 2 aliphatic rings. The highest BCUT2D eigenvalue weighted by Crippen LogP contribution is 2.30. The largest absolute Gasteiger partial charge is 0.493 e. The molecule has 0 aliphatic heterocycles. The lowest BCUT2D eigenvalue weighted by Crippen LogP contribution is -2.41. The molecule has 0 radical (unpaired) electrons. The summed E-state index contributed by atoms with van der Waals surface area (Å²) in [4.78, 5) is 4.33. The number of benzene rings is 1. The van der Waals surface area contributed by atoms with Crippen LogP contribution in [0.2, 0.25) is 0 Å². The van der Waals surface area contributed by atoms with E-state index in [1.165, 1.54) is 44.1 Å². The van der Waals surface area contributed by atoms with Gasteiger partial charge in [-0.25, -0.2) is 0 Å². The number of nitrogens with one attached hydrogen (secondary N) is 2. The Hall–Kier alpha value is -1.71. The van der Waals surface area contributed by atoms with Gasteiger partial charge >= 0.3 is 0 Å². The molecule has 0 aromatic heterocycles. The molecule has 0 unspecified atom stereocenters. The Morgan fingerprint density at radius 2 is 1.95 bits per heavy atom. The summed E-state index contributed by atoms with van der Waals surface area (Å²) in [5.74, 6) is 2.67. The fraction of sp³-hybridized carbons (Fsp3) is 0.611. The van der Waals surface area contributed by atoms with E-state index >= 15 is 0 Å². The van der Waals surface area contributed by atoms with Gasteiger partial charge in [-0.3, -0.25) is 4.99 Å². The molecule has 120 valence electrons. The maximum Gasteiger partial charge on any atom is 0.191 e. The normalized spacial score (nSPS) is 19.2. The fourth-order valence-electron chi connectivity index (χ4n) is 2.92. The van der Waals surface area contributed by atoms with E-state index in [9.17, 15) is 0 Å². The summed E-state index contributed by atoms with van der Waals surface area (Å²) in [5.41, 5.74) is 1.19. The number of guanidine groups is 1. The standard InChI is InChI=1S/C18H27N3O/c1-19-18(21-16-7-3-4-8-16)20-12-15-6-2-5-9-17(15)22-13-14-10-11-14/h2,5-6,9,14,16H,3-4,7-8,10-13H2,1H3,(H2,19,20,21). The molecule has 0 bridgehead atoms. The van der Waals surface area contributed by atoms with E-state index in [2.05, 4.69) is 33.8 Å². The van der Waals surface area contributed by atoms with Crippen LogP contribution in [-0.4, -0.2) is 25.7 Å². The van der Waals surface area contributed by atoms with Crippen molar-refractivity contribution in [3.8, 4) is 5.75 Å². The van der Waals surface area contributed by atoms with Crippen LogP contribution in [0.1, 0.15) is 44.1 Å². The third-order valence-electron chi connectivity index (χ3n) is 4.51. The maximum atomic E-state index is 5.96. The predicted octanol–water partition coefficient (Wildman–Crippen LogP) is 3.08. The lowest BCUT2D eigenvalue weighted by molar-refractivity contribution is 0.296. The second-order valence-electron chi connectivity index (χ2n) is 6.41. The smallest absolute Gasteiger partial charge is 0.191 e. The van der Waals surface area contributed by atoms with Crippen LogP contribution in [0.15, 0.2) is 29.3 Å². The SMILES string of the molecule is CN=C(NCc1ccccc1OCC1CC1)NC1CCCC1. The lowest BCUT2D eigenvalue weighted by Gasteiger charge is -2.18. The Morgan fingerprint density at radius 3 is 2.68 bits per heavy atom. The van der Waals surface area contributed by atoms with Crippen molar-refractivity contribution >= 4 is 5.96 Å². The molecule has 0 saturated heterocycles. The van der Waals surface area contributed by atoms with Gasteiger partial charge in [-0.05, 0) is 37.7 Å².